The van der Waals surface area contributed by atoms with Crippen molar-refractivity contribution in [2.45, 2.75) is 25.6 Å². The fourth-order valence-corrected chi connectivity index (χ4v) is 4.25. The van der Waals surface area contributed by atoms with E-state index in [0.29, 0.717) is 25.2 Å². The Hall–Kier alpha value is -2.13. The molecule has 3 heterocycles. The van der Waals surface area contributed by atoms with E-state index in [-0.39, 0.29) is 24.9 Å². The van der Waals surface area contributed by atoms with Gasteiger partial charge in [0, 0.05) is 22.2 Å². The number of alkyl halides is 3. The molecule has 1 fully saturated rings. The largest absolute Gasteiger partial charge is 0.401 e. The predicted molar refractivity (Wildman–Crippen MR) is 108 cm³/mol. The van der Waals surface area contributed by atoms with Crippen molar-refractivity contribution in [3.05, 3.63) is 46.6 Å². The van der Waals surface area contributed by atoms with Crippen LogP contribution in [-0.2, 0) is 11.3 Å². The number of anilines is 3. The Morgan fingerprint density at radius 1 is 1.24 bits per heavy atom. The van der Waals surface area contributed by atoms with Crippen LogP contribution in [0, 0.1) is 5.92 Å². The molecular formula is C20H20BrF3N4O. The zero-order chi connectivity index (χ0) is 20.6. The van der Waals surface area contributed by atoms with Crippen molar-refractivity contribution in [2.24, 2.45) is 5.92 Å². The maximum atomic E-state index is 13.4. The highest BCUT2D eigenvalue weighted by Gasteiger charge is 2.36. The number of amides is 1. The minimum Gasteiger partial charge on any atom is -0.338 e. The SMILES string of the molecule is O=C(C1CCN(CC(F)(F)F)CC1)N1Cc2cccnc2Nc2ccc(Br)cc21. The molecule has 1 aromatic heterocycles. The van der Waals surface area contributed by atoms with Gasteiger partial charge in [0.1, 0.15) is 5.82 Å². The minimum absolute atomic E-state index is 0.0606. The molecule has 2 aromatic rings. The van der Waals surface area contributed by atoms with Crippen LogP contribution in [-0.4, -0.2) is 41.6 Å². The van der Waals surface area contributed by atoms with Crippen molar-refractivity contribution < 1.29 is 18.0 Å². The summed E-state index contributed by atoms with van der Waals surface area (Å²) in [6, 6.07) is 9.39. The van der Waals surface area contributed by atoms with Gasteiger partial charge in [0.2, 0.25) is 5.91 Å². The van der Waals surface area contributed by atoms with E-state index >= 15 is 0 Å². The smallest absolute Gasteiger partial charge is 0.338 e. The molecule has 0 spiro atoms. The highest BCUT2D eigenvalue weighted by atomic mass is 79.9. The number of fused-ring (bicyclic) bond motifs is 2. The van der Waals surface area contributed by atoms with Crippen molar-refractivity contribution >= 4 is 39.0 Å². The second-order valence-corrected chi connectivity index (χ2v) is 8.30. The van der Waals surface area contributed by atoms with Crippen LogP contribution in [0.1, 0.15) is 18.4 Å². The molecule has 5 nitrogen and oxygen atoms in total. The quantitative estimate of drug-likeness (QED) is 0.693. The number of benzene rings is 1. The van der Waals surface area contributed by atoms with Gasteiger partial charge < -0.3 is 10.2 Å². The molecule has 1 N–H and O–H groups in total. The zero-order valence-electron chi connectivity index (χ0n) is 15.5. The van der Waals surface area contributed by atoms with E-state index in [1.54, 1.807) is 11.1 Å². The number of rotatable bonds is 2. The van der Waals surface area contributed by atoms with Crippen LogP contribution in [0.4, 0.5) is 30.4 Å². The van der Waals surface area contributed by atoms with Gasteiger partial charge >= 0.3 is 6.18 Å². The van der Waals surface area contributed by atoms with Crippen molar-refractivity contribution in [3.63, 3.8) is 0 Å². The van der Waals surface area contributed by atoms with Gasteiger partial charge in [-0.05, 0) is 50.2 Å². The molecule has 0 atom stereocenters. The first-order chi connectivity index (χ1) is 13.8. The number of hydrogen-bond donors (Lipinski definition) is 1. The van der Waals surface area contributed by atoms with E-state index in [2.05, 4.69) is 26.2 Å². The van der Waals surface area contributed by atoms with Gasteiger partial charge in [-0.15, -0.1) is 0 Å². The van der Waals surface area contributed by atoms with E-state index in [4.69, 9.17) is 0 Å². The topological polar surface area (TPSA) is 48.5 Å². The molecule has 2 aliphatic heterocycles. The van der Waals surface area contributed by atoms with Gasteiger partial charge in [-0.3, -0.25) is 9.69 Å². The average Bonchev–Trinajstić information content (AvgIpc) is 2.83. The number of piperidine rings is 1. The lowest BCUT2D eigenvalue weighted by atomic mass is 9.94. The molecule has 0 saturated carbocycles. The molecular weight excluding hydrogens is 449 g/mol. The molecule has 0 radical (unpaired) electrons. The number of nitrogens with one attached hydrogen (secondary N) is 1. The second-order valence-electron chi connectivity index (χ2n) is 7.39. The summed E-state index contributed by atoms with van der Waals surface area (Å²) >= 11 is 3.46. The third-order valence-corrected chi connectivity index (χ3v) is 5.82. The number of carbonyl (C=O) groups excluding carboxylic acids is 1. The molecule has 4 rings (SSSR count). The van der Waals surface area contributed by atoms with Crippen LogP contribution in [0.15, 0.2) is 41.0 Å². The summed E-state index contributed by atoms with van der Waals surface area (Å²) in [5.74, 6) is 0.338. The fraction of sp³-hybridized carbons (Fsp3) is 0.400. The number of nitrogens with zero attached hydrogens (tertiary/aromatic N) is 3. The van der Waals surface area contributed by atoms with E-state index < -0.39 is 12.7 Å². The molecule has 0 bridgehead atoms. The van der Waals surface area contributed by atoms with Crippen LogP contribution < -0.4 is 10.2 Å². The first kappa shape index (κ1) is 20.2. The molecule has 154 valence electrons. The summed E-state index contributed by atoms with van der Waals surface area (Å²) in [4.78, 5) is 20.9. The van der Waals surface area contributed by atoms with Gasteiger partial charge in [0.15, 0.2) is 0 Å². The first-order valence-corrected chi connectivity index (χ1v) is 10.2. The Morgan fingerprint density at radius 2 is 2.00 bits per heavy atom. The summed E-state index contributed by atoms with van der Waals surface area (Å²) in [6.07, 6.45) is -1.68. The van der Waals surface area contributed by atoms with Crippen LogP contribution >= 0.6 is 15.9 Å². The minimum atomic E-state index is -4.21. The van der Waals surface area contributed by atoms with Gasteiger partial charge in [-0.25, -0.2) is 4.98 Å². The summed E-state index contributed by atoms with van der Waals surface area (Å²) in [7, 11) is 0. The first-order valence-electron chi connectivity index (χ1n) is 9.41. The third kappa shape index (κ3) is 4.56. The number of carbonyl (C=O) groups is 1. The van der Waals surface area contributed by atoms with Crippen molar-refractivity contribution in [1.29, 1.82) is 0 Å². The maximum absolute atomic E-state index is 13.4. The normalized spacial score (nSPS) is 17.9. The molecule has 1 aromatic carbocycles. The highest BCUT2D eigenvalue weighted by molar-refractivity contribution is 9.10. The molecule has 1 amide bonds. The summed E-state index contributed by atoms with van der Waals surface area (Å²) in [6.45, 7) is -0.0193. The lowest BCUT2D eigenvalue weighted by Gasteiger charge is -2.34. The number of likely N-dealkylation sites (tertiary alicyclic amines) is 1. The van der Waals surface area contributed by atoms with Crippen LogP contribution in [0.3, 0.4) is 0 Å². The van der Waals surface area contributed by atoms with Crippen LogP contribution in [0.25, 0.3) is 0 Å². The Morgan fingerprint density at radius 3 is 2.72 bits per heavy atom. The highest BCUT2D eigenvalue weighted by Crippen LogP contribution is 2.38. The van der Waals surface area contributed by atoms with Crippen molar-refractivity contribution in [1.82, 2.24) is 9.88 Å². The maximum Gasteiger partial charge on any atom is 0.401 e. The number of pyridine rings is 1. The van der Waals surface area contributed by atoms with Crippen LogP contribution in [0.2, 0.25) is 0 Å². The fourth-order valence-electron chi connectivity index (χ4n) is 3.90. The number of aromatic nitrogens is 1. The molecule has 1 saturated heterocycles. The van der Waals surface area contributed by atoms with Crippen molar-refractivity contribution in [3.8, 4) is 0 Å². The Balaban J connectivity index is 1.57. The molecule has 0 unspecified atom stereocenters. The molecule has 2 aliphatic rings. The molecule has 0 aliphatic carbocycles. The van der Waals surface area contributed by atoms with E-state index in [0.717, 1.165) is 21.4 Å². The van der Waals surface area contributed by atoms with Crippen LogP contribution in [0.5, 0.6) is 0 Å². The van der Waals surface area contributed by atoms with Gasteiger partial charge in [0.05, 0.1) is 24.5 Å². The third-order valence-electron chi connectivity index (χ3n) is 5.33. The van der Waals surface area contributed by atoms with Gasteiger partial charge in [-0.2, -0.15) is 13.2 Å². The number of halogens is 4. The second kappa shape index (κ2) is 7.95. The summed E-state index contributed by atoms with van der Waals surface area (Å²) in [5, 5.41) is 3.29. The lowest BCUT2D eigenvalue weighted by molar-refractivity contribution is -0.149. The van der Waals surface area contributed by atoms with E-state index in [1.807, 2.05) is 30.3 Å². The monoisotopic (exact) mass is 468 g/mol. The van der Waals surface area contributed by atoms with Crippen molar-refractivity contribution in [2.75, 3.05) is 29.9 Å². The summed E-state index contributed by atoms with van der Waals surface area (Å²) in [5.41, 5.74) is 2.40. The summed E-state index contributed by atoms with van der Waals surface area (Å²) < 4.78 is 38.8. The lowest BCUT2D eigenvalue weighted by Crippen LogP contribution is -2.45. The Labute approximate surface area is 175 Å². The molecule has 9 heteroatoms. The molecule has 29 heavy (non-hydrogen) atoms. The number of hydrogen-bond acceptors (Lipinski definition) is 4. The van der Waals surface area contributed by atoms with E-state index in [1.165, 1.54) is 4.90 Å². The average molecular weight is 469 g/mol. The predicted octanol–water partition coefficient (Wildman–Crippen LogP) is 4.71. The van der Waals surface area contributed by atoms with Gasteiger partial charge in [-0.1, -0.05) is 22.0 Å². The van der Waals surface area contributed by atoms with Gasteiger partial charge in [0.25, 0.3) is 0 Å². The zero-order valence-corrected chi connectivity index (χ0v) is 17.1. The Bertz CT molecular complexity index is 913. The Kier molecular flexibility index (Phi) is 5.52. The van der Waals surface area contributed by atoms with E-state index in [9.17, 15) is 18.0 Å². The standard InChI is InChI=1S/C20H20BrF3N4O/c21-15-3-4-16-17(10-15)28(11-14-2-1-7-25-18(14)26-16)19(29)13-5-8-27(9-6-13)12-20(22,23)24/h1-4,7,10,13H,5-6,8-9,11-12H2,(H,25,26).